The maximum atomic E-state index is 12.7. The van der Waals surface area contributed by atoms with Crippen molar-refractivity contribution >= 4 is 73.5 Å². The summed E-state index contributed by atoms with van der Waals surface area (Å²) in [7, 11) is -4.14. The molecule has 2 aromatic carbocycles. The van der Waals surface area contributed by atoms with Crippen LogP contribution in [0.1, 0.15) is 0 Å². The number of halogens is 3. The van der Waals surface area contributed by atoms with Crippen molar-refractivity contribution in [2.24, 2.45) is 0 Å². The van der Waals surface area contributed by atoms with Crippen molar-refractivity contribution in [1.82, 2.24) is 9.71 Å². The van der Waals surface area contributed by atoms with Crippen molar-refractivity contribution < 1.29 is 18.1 Å². The van der Waals surface area contributed by atoms with Crippen molar-refractivity contribution in [3.8, 4) is 11.5 Å². The Morgan fingerprint density at radius 3 is 2.34 bits per heavy atom. The van der Waals surface area contributed by atoms with E-state index in [2.05, 4.69) is 15.0 Å². The number of benzene rings is 2. The molecule has 0 saturated carbocycles. The summed E-state index contributed by atoms with van der Waals surface area (Å²) in [4.78, 5) is 13.8. The topological polar surface area (TPSA) is 123 Å². The summed E-state index contributed by atoms with van der Waals surface area (Å²) in [5, 5.41) is 13.0. The maximum Gasteiger partial charge on any atom is 0.271 e. The predicted octanol–water partition coefficient (Wildman–Crippen LogP) is 5.42. The second-order valence-electron chi connectivity index (χ2n) is 5.99. The number of thiocarbonyl (C=S) groups is 1. The largest absolute Gasteiger partial charge is 0.453 e. The molecule has 0 atom stereocenters. The van der Waals surface area contributed by atoms with Crippen LogP contribution < -0.4 is 14.8 Å². The molecule has 0 spiro atoms. The average molecular weight is 534 g/mol. The van der Waals surface area contributed by atoms with Gasteiger partial charge in [-0.2, -0.15) is 0 Å². The third-order valence-electron chi connectivity index (χ3n) is 3.77. The highest BCUT2D eigenvalue weighted by molar-refractivity contribution is 7.92. The van der Waals surface area contributed by atoms with Crippen LogP contribution in [-0.2, 0) is 10.0 Å². The molecule has 0 amide bonds. The van der Waals surface area contributed by atoms with Crippen molar-refractivity contribution in [3.05, 3.63) is 80.0 Å². The Morgan fingerprint density at radius 2 is 1.78 bits per heavy atom. The molecule has 1 heterocycles. The Kier molecular flexibility index (Phi) is 7.36. The zero-order valence-corrected chi connectivity index (χ0v) is 19.5. The molecule has 9 nitrogen and oxygen atoms in total. The Bertz CT molecular complexity index is 1280. The third kappa shape index (κ3) is 5.75. The monoisotopic (exact) mass is 532 g/mol. The first-order valence-electron chi connectivity index (χ1n) is 8.41. The van der Waals surface area contributed by atoms with Crippen LogP contribution in [0, 0.1) is 10.1 Å². The molecule has 32 heavy (non-hydrogen) atoms. The van der Waals surface area contributed by atoms with E-state index in [4.69, 9.17) is 51.8 Å². The summed E-state index contributed by atoms with van der Waals surface area (Å²) in [6.07, 6.45) is 3.01. The SMILES string of the molecule is O=[N+]([O-])c1ccc(Oc2c(Cl)cc(S(=O)(=O)NC(=S)Nc3cccnc3)cc2Cl)c(Cl)c1. The highest BCUT2D eigenvalue weighted by Crippen LogP contribution is 2.41. The van der Waals surface area contributed by atoms with Gasteiger partial charge in [0, 0.05) is 18.3 Å². The Morgan fingerprint density at radius 1 is 1.09 bits per heavy atom. The number of hydrogen-bond donors (Lipinski definition) is 2. The predicted molar refractivity (Wildman–Crippen MR) is 125 cm³/mol. The van der Waals surface area contributed by atoms with Gasteiger partial charge in [0.15, 0.2) is 10.9 Å². The minimum Gasteiger partial charge on any atom is -0.453 e. The van der Waals surface area contributed by atoms with Gasteiger partial charge >= 0.3 is 0 Å². The van der Waals surface area contributed by atoms with Crippen LogP contribution in [-0.4, -0.2) is 23.4 Å². The molecule has 2 N–H and O–H groups in total. The molecule has 0 aliphatic rings. The Labute approximate surface area is 202 Å². The molecule has 0 saturated heterocycles. The highest BCUT2D eigenvalue weighted by atomic mass is 35.5. The van der Waals surface area contributed by atoms with Gasteiger partial charge in [-0.25, -0.2) is 8.42 Å². The molecule has 0 fully saturated rings. The smallest absolute Gasteiger partial charge is 0.271 e. The number of sulfonamides is 1. The Hall–Kier alpha value is -2.70. The number of nitrogens with one attached hydrogen (secondary N) is 2. The molecule has 0 radical (unpaired) electrons. The minimum atomic E-state index is -4.14. The molecule has 0 unspecified atom stereocenters. The van der Waals surface area contributed by atoms with E-state index < -0.39 is 14.9 Å². The molecule has 1 aromatic heterocycles. The number of pyridine rings is 1. The number of nitro groups is 1. The first-order chi connectivity index (χ1) is 15.1. The maximum absolute atomic E-state index is 12.7. The van der Waals surface area contributed by atoms with E-state index in [1.165, 1.54) is 18.3 Å². The fourth-order valence-corrected chi connectivity index (χ4v) is 4.67. The number of hydrogen-bond acceptors (Lipinski definition) is 7. The van der Waals surface area contributed by atoms with E-state index in [0.717, 1.165) is 18.2 Å². The lowest BCUT2D eigenvalue weighted by Crippen LogP contribution is -2.34. The lowest BCUT2D eigenvalue weighted by Gasteiger charge is -2.14. The van der Waals surface area contributed by atoms with Crippen LogP contribution >= 0.6 is 47.0 Å². The fraction of sp³-hybridized carbons (Fsp3) is 0. The fourth-order valence-electron chi connectivity index (χ4n) is 2.36. The summed E-state index contributed by atoms with van der Waals surface area (Å²) in [6.45, 7) is 0. The highest BCUT2D eigenvalue weighted by Gasteiger charge is 2.22. The lowest BCUT2D eigenvalue weighted by molar-refractivity contribution is -0.384. The molecule has 0 aliphatic heterocycles. The number of rotatable bonds is 6. The normalized spacial score (nSPS) is 11.0. The van der Waals surface area contributed by atoms with Crippen LogP contribution in [0.25, 0.3) is 0 Å². The van der Waals surface area contributed by atoms with Gasteiger partial charge in [0.25, 0.3) is 15.7 Å². The zero-order valence-electron chi connectivity index (χ0n) is 15.6. The summed E-state index contributed by atoms with van der Waals surface area (Å²) in [6, 6.07) is 9.06. The molecular formula is C18H11Cl3N4O5S2. The second kappa shape index (κ2) is 9.84. The molecule has 14 heteroatoms. The molecule has 0 bridgehead atoms. The lowest BCUT2D eigenvalue weighted by atomic mass is 10.3. The number of non-ortho nitro benzene ring substituents is 1. The van der Waals surface area contributed by atoms with Crippen LogP contribution in [0.3, 0.4) is 0 Å². The first-order valence-corrected chi connectivity index (χ1v) is 11.4. The molecule has 166 valence electrons. The van der Waals surface area contributed by atoms with Gasteiger partial charge in [0.05, 0.1) is 36.8 Å². The van der Waals surface area contributed by atoms with Crippen LogP contribution in [0.15, 0.2) is 59.8 Å². The summed E-state index contributed by atoms with van der Waals surface area (Å²) in [5.74, 6) is -0.0456. The molecular weight excluding hydrogens is 523 g/mol. The van der Waals surface area contributed by atoms with Gasteiger partial charge in [-0.05, 0) is 42.5 Å². The first kappa shape index (κ1) is 24.0. The molecule has 3 rings (SSSR count). The van der Waals surface area contributed by atoms with E-state index in [1.807, 2.05) is 0 Å². The number of aromatic nitrogens is 1. The van der Waals surface area contributed by atoms with Gasteiger partial charge in [-0.1, -0.05) is 34.8 Å². The van der Waals surface area contributed by atoms with Gasteiger partial charge in [-0.15, -0.1) is 0 Å². The summed E-state index contributed by atoms with van der Waals surface area (Å²) < 4.78 is 33.1. The summed E-state index contributed by atoms with van der Waals surface area (Å²) >= 11 is 23.4. The van der Waals surface area contributed by atoms with Gasteiger partial charge in [-0.3, -0.25) is 19.8 Å². The van der Waals surface area contributed by atoms with E-state index >= 15 is 0 Å². The minimum absolute atomic E-state index is 0.0386. The molecule has 0 aliphatic carbocycles. The number of ether oxygens (including phenoxy) is 1. The van der Waals surface area contributed by atoms with E-state index in [-0.39, 0.29) is 42.3 Å². The number of nitro benzene ring substituents is 1. The summed E-state index contributed by atoms with van der Waals surface area (Å²) in [5.41, 5.74) is 0.253. The van der Waals surface area contributed by atoms with Gasteiger partial charge in [0.1, 0.15) is 5.75 Å². The van der Waals surface area contributed by atoms with Crippen molar-refractivity contribution in [2.75, 3.05) is 5.32 Å². The van der Waals surface area contributed by atoms with Crippen molar-refractivity contribution in [1.29, 1.82) is 0 Å². The Balaban J connectivity index is 1.81. The van der Waals surface area contributed by atoms with Gasteiger partial charge < -0.3 is 10.1 Å². The zero-order chi connectivity index (χ0) is 23.5. The van der Waals surface area contributed by atoms with Crippen LogP contribution in [0.4, 0.5) is 11.4 Å². The van der Waals surface area contributed by atoms with E-state index in [0.29, 0.717) is 5.69 Å². The van der Waals surface area contributed by atoms with Gasteiger partial charge in [0.2, 0.25) is 0 Å². The molecule has 3 aromatic rings. The van der Waals surface area contributed by atoms with Crippen LogP contribution in [0.2, 0.25) is 15.1 Å². The number of anilines is 1. The second-order valence-corrected chi connectivity index (χ2v) is 9.30. The van der Waals surface area contributed by atoms with Crippen molar-refractivity contribution in [3.63, 3.8) is 0 Å². The van der Waals surface area contributed by atoms with E-state index in [1.54, 1.807) is 18.3 Å². The van der Waals surface area contributed by atoms with Crippen molar-refractivity contribution in [2.45, 2.75) is 4.90 Å². The quantitative estimate of drug-likeness (QED) is 0.245. The standard InChI is InChI=1S/C18H11Cl3N4O5S2/c19-13-6-11(25(26)27)3-4-16(13)30-17-14(20)7-12(8-15(17)21)32(28,29)24-18(31)23-10-2-1-5-22-9-10/h1-9H,(H2,23,24,31). The third-order valence-corrected chi connectivity index (χ3v) is 6.29. The number of nitrogens with zero attached hydrogens (tertiary/aromatic N) is 2. The average Bonchev–Trinajstić information content (AvgIpc) is 2.71. The van der Waals surface area contributed by atoms with Crippen LogP contribution in [0.5, 0.6) is 11.5 Å². The van der Waals surface area contributed by atoms with E-state index in [9.17, 15) is 18.5 Å².